The molecule has 2 N–H and O–H groups in total. The number of carbonyl (C=O) groups is 1. The van der Waals surface area contributed by atoms with Crippen LogP contribution in [0, 0.1) is 5.41 Å². The highest BCUT2D eigenvalue weighted by atomic mass is 32.2. The van der Waals surface area contributed by atoms with Crippen molar-refractivity contribution in [1.82, 2.24) is 0 Å². The minimum absolute atomic E-state index is 0.0726. The molecule has 1 aromatic carbocycles. The Balaban J connectivity index is 1.67. The Morgan fingerprint density at radius 1 is 1.37 bits per heavy atom. The molecule has 1 aromatic rings. The van der Waals surface area contributed by atoms with Gasteiger partial charge in [0.2, 0.25) is 0 Å². The summed E-state index contributed by atoms with van der Waals surface area (Å²) in [6.07, 6.45) is 3.96. The lowest BCUT2D eigenvalue weighted by Gasteiger charge is -2.12. The Morgan fingerprint density at radius 2 is 2.05 bits per heavy atom. The summed E-state index contributed by atoms with van der Waals surface area (Å²) in [5.74, 6) is 2.08. The molecule has 0 unspecified atom stereocenters. The lowest BCUT2D eigenvalue weighted by Crippen LogP contribution is -2.13. The lowest BCUT2D eigenvalue weighted by molar-refractivity contribution is -0.141. The number of carbonyl (C=O) groups excluding carboxylic acids is 1. The van der Waals surface area contributed by atoms with E-state index in [1.165, 1.54) is 12.7 Å². The minimum Gasteiger partial charge on any atom is -0.469 e. The van der Waals surface area contributed by atoms with Crippen molar-refractivity contribution in [2.75, 3.05) is 24.3 Å². The molecular formula is C15H21NO2S. The first-order chi connectivity index (χ1) is 9.13. The average Bonchev–Trinajstić information content (AvgIpc) is 3.17. The van der Waals surface area contributed by atoms with E-state index in [1.807, 2.05) is 23.9 Å². The Labute approximate surface area is 118 Å². The van der Waals surface area contributed by atoms with Crippen LogP contribution in [-0.4, -0.2) is 24.6 Å². The van der Waals surface area contributed by atoms with Crippen LogP contribution in [0.3, 0.4) is 0 Å². The molecule has 1 fully saturated rings. The average molecular weight is 279 g/mol. The number of anilines is 1. The van der Waals surface area contributed by atoms with Crippen LogP contribution in [0.5, 0.6) is 0 Å². The smallest absolute Gasteiger partial charge is 0.306 e. The molecule has 19 heavy (non-hydrogen) atoms. The van der Waals surface area contributed by atoms with Crippen molar-refractivity contribution in [3.8, 4) is 0 Å². The third-order valence-electron chi connectivity index (χ3n) is 3.63. The number of methoxy groups -OCH3 is 1. The first-order valence-electron chi connectivity index (χ1n) is 6.63. The molecule has 0 heterocycles. The minimum atomic E-state index is -0.0726. The van der Waals surface area contributed by atoms with Crippen LogP contribution < -0.4 is 5.73 Å². The number of rotatable bonds is 7. The summed E-state index contributed by atoms with van der Waals surface area (Å²) in [5.41, 5.74) is 8.02. The summed E-state index contributed by atoms with van der Waals surface area (Å²) in [5, 5.41) is 0. The SMILES string of the molecule is COC(=O)CC1(CSCCc2ccc(N)cc2)CC1. The molecule has 0 aromatic heterocycles. The maximum atomic E-state index is 11.3. The predicted octanol–water partition coefficient (Wildman–Crippen LogP) is 2.89. The van der Waals surface area contributed by atoms with E-state index in [-0.39, 0.29) is 11.4 Å². The van der Waals surface area contributed by atoms with Crippen molar-refractivity contribution in [3.05, 3.63) is 29.8 Å². The second-order valence-electron chi connectivity index (χ2n) is 5.30. The molecule has 0 saturated heterocycles. The number of hydrogen-bond donors (Lipinski definition) is 1. The third-order valence-corrected chi connectivity index (χ3v) is 4.94. The third kappa shape index (κ3) is 4.46. The predicted molar refractivity (Wildman–Crippen MR) is 80.2 cm³/mol. The molecule has 104 valence electrons. The Bertz CT molecular complexity index is 426. The number of esters is 1. The van der Waals surface area contributed by atoms with Gasteiger partial charge in [-0.25, -0.2) is 0 Å². The molecule has 2 rings (SSSR count). The Morgan fingerprint density at radius 3 is 2.63 bits per heavy atom. The van der Waals surface area contributed by atoms with Crippen molar-refractivity contribution in [3.63, 3.8) is 0 Å². The number of nitrogens with two attached hydrogens (primary N) is 1. The highest BCUT2D eigenvalue weighted by Crippen LogP contribution is 2.51. The van der Waals surface area contributed by atoms with Gasteiger partial charge >= 0.3 is 5.97 Å². The number of aryl methyl sites for hydroxylation is 1. The zero-order valence-corrected chi connectivity index (χ0v) is 12.2. The maximum Gasteiger partial charge on any atom is 0.306 e. The van der Waals surface area contributed by atoms with E-state index < -0.39 is 0 Å². The van der Waals surface area contributed by atoms with Crippen LogP contribution in [0.25, 0.3) is 0 Å². The molecule has 3 nitrogen and oxygen atoms in total. The standard InChI is InChI=1S/C15H21NO2S/c1-18-14(17)10-15(7-8-15)11-19-9-6-12-2-4-13(16)5-3-12/h2-5H,6-11,16H2,1H3. The highest BCUT2D eigenvalue weighted by molar-refractivity contribution is 7.99. The first kappa shape index (κ1) is 14.3. The lowest BCUT2D eigenvalue weighted by atomic mass is 10.1. The largest absolute Gasteiger partial charge is 0.469 e. The van der Waals surface area contributed by atoms with Gasteiger partial charge in [-0.3, -0.25) is 4.79 Å². The van der Waals surface area contributed by atoms with Crippen molar-refractivity contribution in [1.29, 1.82) is 0 Å². The molecule has 0 atom stereocenters. The Hall–Kier alpha value is -1.16. The summed E-state index contributed by atoms with van der Waals surface area (Å²) in [7, 11) is 1.46. The van der Waals surface area contributed by atoms with E-state index in [4.69, 9.17) is 10.5 Å². The summed E-state index contributed by atoms with van der Waals surface area (Å²) in [6.45, 7) is 0. The summed E-state index contributed by atoms with van der Waals surface area (Å²) in [6, 6.07) is 8.05. The number of ether oxygens (including phenoxy) is 1. The maximum absolute atomic E-state index is 11.3. The summed E-state index contributed by atoms with van der Waals surface area (Å²) >= 11 is 1.94. The van der Waals surface area contributed by atoms with Crippen LogP contribution in [0.2, 0.25) is 0 Å². The highest BCUT2D eigenvalue weighted by Gasteiger charge is 2.44. The topological polar surface area (TPSA) is 52.3 Å². The van der Waals surface area contributed by atoms with Gasteiger partial charge in [-0.15, -0.1) is 0 Å². The first-order valence-corrected chi connectivity index (χ1v) is 7.78. The monoisotopic (exact) mass is 279 g/mol. The molecule has 1 aliphatic carbocycles. The molecule has 0 spiro atoms. The van der Waals surface area contributed by atoms with Crippen LogP contribution in [-0.2, 0) is 16.0 Å². The van der Waals surface area contributed by atoms with Gasteiger partial charge in [0.15, 0.2) is 0 Å². The number of hydrogen-bond acceptors (Lipinski definition) is 4. The molecule has 4 heteroatoms. The van der Waals surface area contributed by atoms with Gasteiger partial charge in [-0.05, 0) is 53.9 Å². The molecular weight excluding hydrogens is 258 g/mol. The molecule has 0 aliphatic heterocycles. The van der Waals surface area contributed by atoms with Gasteiger partial charge in [0.05, 0.1) is 13.5 Å². The fourth-order valence-corrected chi connectivity index (χ4v) is 3.44. The van der Waals surface area contributed by atoms with E-state index in [0.717, 1.165) is 36.5 Å². The number of benzene rings is 1. The molecule has 1 saturated carbocycles. The zero-order chi connectivity index (χ0) is 13.7. The van der Waals surface area contributed by atoms with Crippen LogP contribution in [0.1, 0.15) is 24.8 Å². The normalized spacial score (nSPS) is 16.1. The number of nitrogen functional groups attached to an aromatic ring is 1. The molecule has 0 bridgehead atoms. The second-order valence-corrected chi connectivity index (χ2v) is 6.40. The van der Waals surface area contributed by atoms with Crippen LogP contribution in [0.4, 0.5) is 5.69 Å². The number of thioether (sulfide) groups is 1. The van der Waals surface area contributed by atoms with E-state index in [0.29, 0.717) is 6.42 Å². The van der Waals surface area contributed by atoms with Crippen molar-refractivity contribution in [2.45, 2.75) is 25.7 Å². The van der Waals surface area contributed by atoms with Gasteiger partial charge < -0.3 is 10.5 Å². The van der Waals surface area contributed by atoms with Gasteiger partial charge in [-0.2, -0.15) is 11.8 Å². The van der Waals surface area contributed by atoms with E-state index in [2.05, 4.69) is 12.1 Å². The van der Waals surface area contributed by atoms with E-state index >= 15 is 0 Å². The zero-order valence-electron chi connectivity index (χ0n) is 11.4. The molecule has 1 aliphatic rings. The van der Waals surface area contributed by atoms with Crippen molar-refractivity contribution >= 4 is 23.4 Å². The van der Waals surface area contributed by atoms with Crippen molar-refractivity contribution in [2.24, 2.45) is 5.41 Å². The van der Waals surface area contributed by atoms with Gasteiger partial charge in [0, 0.05) is 5.69 Å². The van der Waals surface area contributed by atoms with Gasteiger partial charge in [0.25, 0.3) is 0 Å². The van der Waals surface area contributed by atoms with E-state index in [9.17, 15) is 4.79 Å². The van der Waals surface area contributed by atoms with Gasteiger partial charge in [0.1, 0.15) is 0 Å². The fourth-order valence-electron chi connectivity index (χ4n) is 2.09. The van der Waals surface area contributed by atoms with Crippen molar-refractivity contribution < 1.29 is 9.53 Å². The van der Waals surface area contributed by atoms with Crippen LogP contribution >= 0.6 is 11.8 Å². The molecule has 0 radical (unpaired) electrons. The van der Waals surface area contributed by atoms with Gasteiger partial charge in [-0.1, -0.05) is 12.1 Å². The summed E-state index contributed by atoms with van der Waals surface area (Å²) < 4.78 is 4.75. The van der Waals surface area contributed by atoms with Crippen LogP contribution in [0.15, 0.2) is 24.3 Å². The quantitative estimate of drug-likeness (QED) is 0.474. The Kier molecular flexibility index (Phi) is 4.75. The molecule has 0 amide bonds. The second kappa shape index (κ2) is 6.33. The summed E-state index contributed by atoms with van der Waals surface area (Å²) in [4.78, 5) is 11.3. The van der Waals surface area contributed by atoms with E-state index in [1.54, 1.807) is 0 Å². The fraction of sp³-hybridized carbons (Fsp3) is 0.533.